The van der Waals surface area contributed by atoms with Crippen LogP contribution >= 0.6 is 0 Å². The highest BCUT2D eigenvalue weighted by atomic mass is 16.6. The lowest BCUT2D eigenvalue weighted by atomic mass is 9.79. The molecule has 0 unspecified atom stereocenters. The van der Waals surface area contributed by atoms with Crippen molar-refractivity contribution in [1.29, 1.82) is 0 Å². The molecule has 2 fully saturated rings. The third kappa shape index (κ3) is 6.72. The van der Waals surface area contributed by atoms with E-state index in [4.69, 9.17) is 9.47 Å². The third-order valence-electron chi connectivity index (χ3n) is 9.92. The molecular weight excluding hydrogens is 512 g/mol. The highest BCUT2D eigenvalue weighted by molar-refractivity contribution is 5.93. The molecule has 0 aromatic heterocycles. The van der Waals surface area contributed by atoms with Crippen LogP contribution in [0, 0.1) is 18.8 Å². The Hall–Kier alpha value is -2.00. The molecule has 0 saturated carbocycles. The average Bonchev–Trinajstić information content (AvgIpc) is 3.36. The lowest BCUT2D eigenvalue weighted by molar-refractivity contribution is -0.229. The Morgan fingerprint density at radius 3 is 2.40 bits per heavy atom. The largest absolute Gasteiger partial charge is 0.507 e. The molecule has 1 aromatic carbocycles. The Morgan fingerprint density at radius 2 is 1.82 bits per heavy atom. The zero-order chi connectivity index (χ0) is 29.8. The van der Waals surface area contributed by atoms with Gasteiger partial charge >= 0.3 is 5.97 Å². The molecule has 2 heterocycles. The van der Waals surface area contributed by atoms with Crippen LogP contribution in [0.1, 0.15) is 114 Å². The van der Waals surface area contributed by atoms with E-state index in [-0.39, 0.29) is 53.7 Å². The van der Waals surface area contributed by atoms with E-state index in [0.717, 1.165) is 25.7 Å². The number of aryl methyl sites for hydroxylation is 2. The summed E-state index contributed by atoms with van der Waals surface area (Å²) >= 11 is 0. The SMILES string of the molecule is CC[C@@H](C(=O)C[C@@H](O)[C@H](C)CCc1ccc(C)c(O)c1C(=O)O)[C@@H]1CC[C@@](CC)([C@H]2CC[C@](O)(CC)[C@H](C)O2)O1. The lowest BCUT2D eigenvalue weighted by Gasteiger charge is -2.47. The number of ether oxygens (including phenoxy) is 2. The highest BCUT2D eigenvalue weighted by Crippen LogP contribution is 2.46. The van der Waals surface area contributed by atoms with Crippen molar-refractivity contribution in [2.45, 2.75) is 141 Å². The van der Waals surface area contributed by atoms with Crippen molar-refractivity contribution in [3.8, 4) is 5.75 Å². The number of carbonyl (C=O) groups excluding carboxylic acids is 1. The van der Waals surface area contributed by atoms with Crippen LogP contribution in [-0.4, -0.2) is 67.8 Å². The molecule has 4 N–H and O–H groups in total. The summed E-state index contributed by atoms with van der Waals surface area (Å²) in [4.78, 5) is 25.1. The molecule has 0 bridgehead atoms. The number of benzene rings is 1. The minimum Gasteiger partial charge on any atom is -0.507 e. The number of carboxylic acid groups (broad SMARTS) is 1. The van der Waals surface area contributed by atoms with Gasteiger partial charge in [0.05, 0.1) is 35.6 Å². The second-order valence-electron chi connectivity index (χ2n) is 12.2. The molecule has 2 saturated heterocycles. The lowest BCUT2D eigenvalue weighted by Crippen LogP contribution is -2.55. The summed E-state index contributed by atoms with van der Waals surface area (Å²) in [7, 11) is 0. The summed E-state index contributed by atoms with van der Waals surface area (Å²) in [6, 6.07) is 3.39. The van der Waals surface area contributed by atoms with E-state index in [0.29, 0.717) is 43.2 Å². The zero-order valence-electron chi connectivity index (χ0n) is 25.1. The number of Topliss-reactive ketones (excluding diaryl/α,β-unsaturated/α-hetero) is 1. The fourth-order valence-electron chi connectivity index (χ4n) is 6.71. The van der Waals surface area contributed by atoms with Gasteiger partial charge in [-0.25, -0.2) is 4.79 Å². The van der Waals surface area contributed by atoms with Crippen LogP contribution in [0.3, 0.4) is 0 Å². The molecular formula is C32H50O8. The molecule has 0 aliphatic carbocycles. The maximum Gasteiger partial charge on any atom is 0.339 e. The fraction of sp³-hybridized carbons (Fsp3) is 0.750. The quantitative estimate of drug-likeness (QED) is 0.253. The molecule has 226 valence electrons. The summed E-state index contributed by atoms with van der Waals surface area (Å²) < 4.78 is 13.0. The van der Waals surface area contributed by atoms with Crippen LogP contribution < -0.4 is 0 Å². The first-order valence-corrected chi connectivity index (χ1v) is 15.1. The van der Waals surface area contributed by atoms with Gasteiger partial charge < -0.3 is 29.9 Å². The van der Waals surface area contributed by atoms with Crippen molar-refractivity contribution < 1.29 is 39.5 Å². The number of phenols is 1. The van der Waals surface area contributed by atoms with Crippen LogP contribution in [-0.2, 0) is 20.7 Å². The first-order valence-electron chi connectivity index (χ1n) is 15.1. The maximum absolute atomic E-state index is 13.4. The molecule has 8 nitrogen and oxygen atoms in total. The molecule has 1 aromatic rings. The Balaban J connectivity index is 1.60. The van der Waals surface area contributed by atoms with Gasteiger partial charge in [0.2, 0.25) is 0 Å². The normalized spacial score (nSPS) is 31.1. The molecule has 0 radical (unpaired) electrons. The van der Waals surface area contributed by atoms with Crippen LogP contribution in [0.15, 0.2) is 12.1 Å². The molecule has 40 heavy (non-hydrogen) atoms. The predicted molar refractivity (Wildman–Crippen MR) is 153 cm³/mol. The number of carbonyl (C=O) groups is 2. The monoisotopic (exact) mass is 562 g/mol. The van der Waals surface area contributed by atoms with E-state index in [1.807, 2.05) is 27.7 Å². The van der Waals surface area contributed by atoms with Gasteiger partial charge in [-0.05, 0) is 88.7 Å². The van der Waals surface area contributed by atoms with E-state index in [2.05, 4.69) is 6.92 Å². The maximum atomic E-state index is 13.4. The number of carboxylic acids is 1. The second-order valence-corrected chi connectivity index (χ2v) is 12.2. The summed E-state index contributed by atoms with van der Waals surface area (Å²) in [5.41, 5.74) is -0.377. The highest BCUT2D eigenvalue weighted by Gasteiger charge is 2.52. The Bertz CT molecular complexity index is 1040. The van der Waals surface area contributed by atoms with Crippen molar-refractivity contribution >= 4 is 11.8 Å². The Morgan fingerprint density at radius 1 is 1.12 bits per heavy atom. The predicted octanol–water partition coefficient (Wildman–Crippen LogP) is 5.35. The van der Waals surface area contributed by atoms with Crippen molar-refractivity contribution in [3.63, 3.8) is 0 Å². The summed E-state index contributed by atoms with van der Waals surface area (Å²) in [6.07, 6.45) is 4.34. The van der Waals surface area contributed by atoms with E-state index < -0.39 is 23.3 Å². The van der Waals surface area contributed by atoms with Crippen LogP contribution in [0.5, 0.6) is 5.75 Å². The van der Waals surface area contributed by atoms with E-state index >= 15 is 0 Å². The molecule has 0 amide bonds. The fourth-order valence-corrected chi connectivity index (χ4v) is 6.71. The first-order chi connectivity index (χ1) is 18.8. The summed E-state index contributed by atoms with van der Waals surface area (Å²) in [5.74, 6) is -1.99. The number of aliphatic hydroxyl groups is 2. The third-order valence-corrected chi connectivity index (χ3v) is 9.92. The van der Waals surface area contributed by atoms with Crippen molar-refractivity contribution in [1.82, 2.24) is 0 Å². The van der Waals surface area contributed by atoms with Gasteiger partial charge in [0.1, 0.15) is 17.1 Å². The molecule has 8 heteroatoms. The molecule has 3 rings (SSSR count). The number of aliphatic hydroxyl groups excluding tert-OH is 1. The van der Waals surface area contributed by atoms with Gasteiger partial charge in [-0.15, -0.1) is 0 Å². The van der Waals surface area contributed by atoms with Crippen molar-refractivity contribution in [3.05, 3.63) is 28.8 Å². The van der Waals surface area contributed by atoms with Gasteiger partial charge in [0.15, 0.2) is 0 Å². The number of hydrogen-bond donors (Lipinski definition) is 4. The minimum absolute atomic E-state index is 0.0174. The van der Waals surface area contributed by atoms with Gasteiger partial charge in [-0.2, -0.15) is 0 Å². The number of aromatic carboxylic acids is 1. The molecule has 2 aliphatic heterocycles. The zero-order valence-corrected chi connectivity index (χ0v) is 25.1. The standard InChI is InChI=1S/C32H50O8/c1-7-23(26-14-17-32(9-3,40-26)27-15-16-31(38,8-2)21(6)39-27)25(34)18-24(33)19(4)10-12-22-13-11-20(5)29(35)28(22)30(36)37/h11,13,19,21,23-24,26-27,33,35,38H,7-10,12,14-18H2,1-6H3,(H,36,37)/t19-,21+,23+,24-,26+,27-,31-,32+/m1/s1. The van der Waals surface area contributed by atoms with Crippen molar-refractivity contribution in [2.75, 3.05) is 0 Å². The van der Waals surface area contributed by atoms with Gasteiger partial charge in [-0.3, -0.25) is 4.79 Å². The van der Waals surface area contributed by atoms with Crippen LogP contribution in [0.2, 0.25) is 0 Å². The topological polar surface area (TPSA) is 134 Å². The number of rotatable bonds is 13. The Kier molecular flexibility index (Phi) is 10.8. The van der Waals surface area contributed by atoms with E-state index in [1.54, 1.807) is 19.1 Å². The van der Waals surface area contributed by atoms with E-state index in [9.17, 15) is 30.0 Å². The summed E-state index contributed by atoms with van der Waals surface area (Å²) in [5, 5.41) is 41.5. The van der Waals surface area contributed by atoms with Crippen LogP contribution in [0.25, 0.3) is 0 Å². The number of aromatic hydroxyl groups is 1. The molecule has 2 aliphatic rings. The van der Waals surface area contributed by atoms with E-state index in [1.165, 1.54) is 0 Å². The van der Waals surface area contributed by atoms with Crippen molar-refractivity contribution in [2.24, 2.45) is 11.8 Å². The van der Waals surface area contributed by atoms with Crippen LogP contribution in [0.4, 0.5) is 0 Å². The summed E-state index contributed by atoms with van der Waals surface area (Å²) in [6.45, 7) is 11.5. The molecule has 8 atom stereocenters. The number of ketones is 1. The smallest absolute Gasteiger partial charge is 0.339 e. The molecule has 0 spiro atoms. The number of hydrogen-bond acceptors (Lipinski definition) is 7. The second kappa shape index (κ2) is 13.3. The van der Waals surface area contributed by atoms with Gasteiger partial charge in [-0.1, -0.05) is 39.8 Å². The first kappa shape index (κ1) is 32.5. The Labute approximate surface area is 239 Å². The minimum atomic E-state index is -1.18. The van der Waals surface area contributed by atoms with Gasteiger partial charge in [0, 0.05) is 12.3 Å². The van der Waals surface area contributed by atoms with Gasteiger partial charge in [0.25, 0.3) is 0 Å². The average molecular weight is 563 g/mol.